The first kappa shape index (κ1) is 16.4. The second-order valence-corrected chi connectivity index (χ2v) is 6.59. The zero-order valence-electron chi connectivity index (χ0n) is 15.0. The number of aromatic nitrogens is 3. The Morgan fingerprint density at radius 2 is 2.08 bits per heavy atom. The van der Waals surface area contributed by atoms with Crippen molar-refractivity contribution < 1.29 is 19.4 Å². The number of phenols is 1. The summed E-state index contributed by atoms with van der Waals surface area (Å²) in [5.41, 5.74) is 4.02. The second-order valence-electron chi connectivity index (χ2n) is 6.59. The number of nitrogens with zero attached hydrogens (tertiary/aromatic N) is 3. The van der Waals surface area contributed by atoms with Crippen LogP contribution in [0.15, 0.2) is 18.2 Å². The van der Waals surface area contributed by atoms with Gasteiger partial charge in [0.1, 0.15) is 6.61 Å². The van der Waals surface area contributed by atoms with E-state index < -0.39 is 5.97 Å². The van der Waals surface area contributed by atoms with Crippen molar-refractivity contribution >= 4 is 17.0 Å². The van der Waals surface area contributed by atoms with Gasteiger partial charge in [0.2, 0.25) is 0 Å². The fraction of sp³-hybridized carbons (Fsp3) is 0.316. The first-order valence-corrected chi connectivity index (χ1v) is 8.38. The van der Waals surface area contributed by atoms with Gasteiger partial charge >= 0.3 is 5.97 Å². The van der Waals surface area contributed by atoms with Crippen molar-refractivity contribution in [2.75, 3.05) is 7.11 Å². The van der Waals surface area contributed by atoms with Gasteiger partial charge in [-0.05, 0) is 38.5 Å². The number of hydrogen-bond acceptors (Lipinski definition) is 6. The third-order valence-corrected chi connectivity index (χ3v) is 4.59. The van der Waals surface area contributed by atoms with Gasteiger partial charge in [0.05, 0.1) is 29.4 Å². The third kappa shape index (κ3) is 2.23. The van der Waals surface area contributed by atoms with Gasteiger partial charge in [0, 0.05) is 11.6 Å². The summed E-state index contributed by atoms with van der Waals surface area (Å²) in [5.74, 6) is -0.0232. The second kappa shape index (κ2) is 5.72. The molecule has 0 saturated carbocycles. The van der Waals surface area contributed by atoms with Crippen LogP contribution < -0.4 is 4.74 Å². The average molecular weight is 353 g/mol. The number of aromatic hydroxyl groups is 1. The smallest absolute Gasteiger partial charge is 0.341 e. The molecule has 0 atom stereocenters. The number of fused-ring (bicyclic) bond motifs is 2. The summed E-state index contributed by atoms with van der Waals surface area (Å²) < 4.78 is 12.3. The highest BCUT2D eigenvalue weighted by Crippen LogP contribution is 2.41. The van der Waals surface area contributed by atoms with Gasteiger partial charge in [-0.15, -0.1) is 0 Å². The molecule has 0 aliphatic carbocycles. The topological polar surface area (TPSA) is 86.5 Å². The Morgan fingerprint density at radius 1 is 1.31 bits per heavy atom. The van der Waals surface area contributed by atoms with E-state index in [9.17, 15) is 9.90 Å². The van der Waals surface area contributed by atoms with Crippen molar-refractivity contribution in [3.63, 3.8) is 0 Å². The molecule has 3 aromatic rings. The maximum atomic E-state index is 12.4. The lowest BCUT2D eigenvalue weighted by Crippen LogP contribution is -2.06. The number of aryl methyl sites for hydroxylation is 1. The van der Waals surface area contributed by atoms with Crippen molar-refractivity contribution in [3.05, 3.63) is 35.2 Å². The van der Waals surface area contributed by atoms with E-state index in [-0.39, 0.29) is 18.4 Å². The number of ether oxygens (including phenoxy) is 2. The Morgan fingerprint density at radius 3 is 2.77 bits per heavy atom. The quantitative estimate of drug-likeness (QED) is 0.727. The first-order valence-electron chi connectivity index (χ1n) is 8.38. The largest absolute Gasteiger partial charge is 0.504 e. The number of phenolic OH excluding ortho intramolecular Hbond substituents is 1. The molecule has 0 saturated heterocycles. The lowest BCUT2D eigenvalue weighted by Gasteiger charge is -2.12. The zero-order chi connectivity index (χ0) is 18.6. The van der Waals surface area contributed by atoms with Crippen LogP contribution >= 0.6 is 0 Å². The molecular weight excluding hydrogens is 334 g/mol. The Labute approximate surface area is 150 Å². The van der Waals surface area contributed by atoms with E-state index in [0.29, 0.717) is 17.0 Å². The molecule has 134 valence electrons. The van der Waals surface area contributed by atoms with Crippen LogP contribution in [-0.4, -0.2) is 33.0 Å². The minimum atomic E-state index is -0.395. The molecule has 0 amide bonds. The van der Waals surface area contributed by atoms with Gasteiger partial charge in [-0.3, -0.25) is 0 Å². The average Bonchev–Trinajstić information content (AvgIpc) is 3.15. The summed E-state index contributed by atoms with van der Waals surface area (Å²) in [5, 5.41) is 15.4. The van der Waals surface area contributed by atoms with Crippen molar-refractivity contribution in [2.45, 2.75) is 33.4 Å². The zero-order valence-corrected chi connectivity index (χ0v) is 15.0. The van der Waals surface area contributed by atoms with E-state index in [1.54, 1.807) is 18.2 Å². The molecule has 1 aromatic carbocycles. The van der Waals surface area contributed by atoms with E-state index in [4.69, 9.17) is 9.47 Å². The van der Waals surface area contributed by atoms with Gasteiger partial charge in [0.25, 0.3) is 0 Å². The van der Waals surface area contributed by atoms with Crippen molar-refractivity contribution in [2.24, 2.45) is 0 Å². The van der Waals surface area contributed by atoms with Crippen LogP contribution in [0.2, 0.25) is 0 Å². The maximum Gasteiger partial charge on any atom is 0.341 e. The molecule has 0 bridgehead atoms. The number of benzene rings is 1. The molecule has 7 heteroatoms. The van der Waals surface area contributed by atoms with E-state index >= 15 is 0 Å². The molecule has 26 heavy (non-hydrogen) atoms. The number of carbonyl (C=O) groups excluding carboxylic acids is 1. The number of cyclic esters (lactones) is 1. The Kier molecular flexibility index (Phi) is 3.61. The lowest BCUT2D eigenvalue weighted by molar-refractivity contribution is 0.0534. The Balaban J connectivity index is 2.13. The summed E-state index contributed by atoms with van der Waals surface area (Å²) >= 11 is 0. The number of carbonyl (C=O) groups is 1. The van der Waals surface area contributed by atoms with E-state index in [0.717, 1.165) is 27.9 Å². The predicted molar refractivity (Wildman–Crippen MR) is 95.4 cm³/mol. The Bertz CT molecular complexity index is 1050. The highest BCUT2D eigenvalue weighted by atomic mass is 16.5. The summed E-state index contributed by atoms with van der Waals surface area (Å²) in [6.07, 6.45) is 0. The lowest BCUT2D eigenvalue weighted by atomic mass is 9.95. The molecule has 3 heterocycles. The fourth-order valence-corrected chi connectivity index (χ4v) is 3.40. The molecule has 0 unspecified atom stereocenters. The normalized spacial score (nSPS) is 13.3. The fourth-order valence-electron chi connectivity index (χ4n) is 3.40. The highest BCUT2D eigenvalue weighted by Gasteiger charge is 2.31. The molecule has 0 spiro atoms. The summed E-state index contributed by atoms with van der Waals surface area (Å²) in [7, 11) is 1.49. The molecule has 2 aromatic heterocycles. The molecular formula is C19H19N3O4. The maximum absolute atomic E-state index is 12.4. The van der Waals surface area contributed by atoms with Crippen LogP contribution in [0.25, 0.3) is 22.2 Å². The summed E-state index contributed by atoms with van der Waals surface area (Å²) in [6, 6.07) is 5.14. The molecule has 1 aliphatic heterocycles. The molecule has 0 fully saturated rings. The molecule has 0 radical (unpaired) electrons. The van der Waals surface area contributed by atoms with Crippen LogP contribution in [0.1, 0.15) is 41.6 Å². The van der Waals surface area contributed by atoms with Crippen LogP contribution in [0.5, 0.6) is 11.5 Å². The molecule has 1 N–H and O–H groups in total. The number of methoxy groups -OCH3 is 1. The summed E-state index contributed by atoms with van der Waals surface area (Å²) in [6.45, 7) is 6.11. The van der Waals surface area contributed by atoms with Crippen LogP contribution in [-0.2, 0) is 11.3 Å². The van der Waals surface area contributed by atoms with Crippen molar-refractivity contribution in [3.8, 4) is 22.6 Å². The van der Waals surface area contributed by atoms with E-state index in [1.807, 2.05) is 25.5 Å². The predicted octanol–water partition coefficient (Wildman–Crippen LogP) is 3.37. The Hall–Kier alpha value is -3.09. The number of rotatable bonds is 3. The monoisotopic (exact) mass is 353 g/mol. The first-order chi connectivity index (χ1) is 12.4. The molecule has 1 aliphatic rings. The number of esters is 1. The molecule has 7 nitrogen and oxygen atoms in total. The van der Waals surface area contributed by atoms with Crippen LogP contribution in [0.3, 0.4) is 0 Å². The van der Waals surface area contributed by atoms with Gasteiger partial charge in [-0.25, -0.2) is 14.5 Å². The third-order valence-electron chi connectivity index (χ3n) is 4.59. The minimum absolute atomic E-state index is 0.0374. The van der Waals surface area contributed by atoms with Gasteiger partial charge in [-0.2, -0.15) is 5.10 Å². The van der Waals surface area contributed by atoms with Crippen molar-refractivity contribution in [1.82, 2.24) is 14.8 Å². The standard InChI is InChI=1S/C19H19N3O4/c1-9(2)22-18-15(10(3)21-22)16(17-12(20-18)8-26-19(17)24)11-5-6-13(23)14(7-11)25-4/h5-7,9,23H,8H2,1-4H3. The summed E-state index contributed by atoms with van der Waals surface area (Å²) in [4.78, 5) is 17.1. The van der Waals surface area contributed by atoms with E-state index in [2.05, 4.69) is 10.1 Å². The minimum Gasteiger partial charge on any atom is -0.504 e. The van der Waals surface area contributed by atoms with Gasteiger partial charge in [-0.1, -0.05) is 6.07 Å². The van der Waals surface area contributed by atoms with Crippen molar-refractivity contribution in [1.29, 1.82) is 0 Å². The van der Waals surface area contributed by atoms with Crippen LogP contribution in [0.4, 0.5) is 0 Å². The van der Waals surface area contributed by atoms with Gasteiger partial charge < -0.3 is 14.6 Å². The van der Waals surface area contributed by atoms with Crippen LogP contribution in [0, 0.1) is 6.92 Å². The van der Waals surface area contributed by atoms with Gasteiger partial charge in [0.15, 0.2) is 17.1 Å². The highest BCUT2D eigenvalue weighted by molar-refractivity contribution is 6.09. The van der Waals surface area contributed by atoms with E-state index in [1.165, 1.54) is 7.11 Å². The molecule has 4 rings (SSSR count). The number of pyridine rings is 1. The SMILES string of the molecule is COc1cc(-c2c3c(nc4c2c(C)nn4C(C)C)COC3=O)ccc1O. The number of hydrogen-bond donors (Lipinski definition) is 1.